The molecule has 0 amide bonds. The summed E-state index contributed by atoms with van der Waals surface area (Å²) in [5, 5.41) is 4.65. The van der Waals surface area contributed by atoms with Crippen molar-refractivity contribution in [3.8, 4) is 28.7 Å². The number of benzene rings is 1. The molecule has 13 heteroatoms. The van der Waals surface area contributed by atoms with E-state index in [4.69, 9.17) is 19.7 Å². The summed E-state index contributed by atoms with van der Waals surface area (Å²) in [6, 6.07) is 7.77. The van der Waals surface area contributed by atoms with Crippen LogP contribution in [0, 0.1) is 6.92 Å². The van der Waals surface area contributed by atoms with Crippen LogP contribution in [-0.4, -0.2) is 72.0 Å². The van der Waals surface area contributed by atoms with Gasteiger partial charge in [0.25, 0.3) is 0 Å². The molecule has 6 rings (SSSR count). The van der Waals surface area contributed by atoms with Crippen molar-refractivity contribution in [1.82, 2.24) is 42.4 Å². The fourth-order valence-corrected chi connectivity index (χ4v) is 5.98. The van der Waals surface area contributed by atoms with Crippen molar-refractivity contribution in [1.29, 1.82) is 0 Å². The predicted molar refractivity (Wildman–Crippen MR) is 149 cm³/mol. The molecular weight excluding hydrogens is 530 g/mol. The highest BCUT2D eigenvalue weighted by Crippen LogP contribution is 2.36. The molecule has 1 fully saturated rings. The lowest BCUT2D eigenvalue weighted by Crippen LogP contribution is -2.27. The Labute approximate surface area is 232 Å². The average molecular weight is 562 g/mol. The molecular formula is C27H31N9O3S. The lowest BCUT2D eigenvalue weighted by Gasteiger charge is -2.11. The molecule has 4 aromatic heterocycles. The van der Waals surface area contributed by atoms with Crippen LogP contribution >= 0.6 is 0 Å². The monoisotopic (exact) mass is 561 g/mol. The normalized spacial score (nSPS) is 14.5. The largest absolute Gasteiger partial charge is 0.497 e. The smallest absolute Gasteiger partial charge is 0.308 e. The number of hydrogen-bond acceptors (Lipinski definition) is 8. The van der Waals surface area contributed by atoms with E-state index >= 15 is 0 Å². The lowest BCUT2D eigenvalue weighted by molar-refractivity contribution is 0.414. The molecule has 0 unspecified atom stereocenters. The first kappa shape index (κ1) is 26.1. The third-order valence-corrected chi connectivity index (χ3v) is 8.99. The molecule has 5 aromatic rings. The molecule has 0 spiro atoms. The molecule has 0 saturated heterocycles. The van der Waals surface area contributed by atoms with Crippen molar-refractivity contribution in [3.63, 3.8) is 0 Å². The van der Waals surface area contributed by atoms with Gasteiger partial charge in [-0.1, -0.05) is 25.0 Å². The van der Waals surface area contributed by atoms with Crippen molar-refractivity contribution in [2.24, 2.45) is 0 Å². The standard InChI is InChI=1S/C27H31N9O3S/c1-18-30-26(36(32-18)14-19-9-11-22(39-4)12-10-19)24-25(23-16-34(17-29-23)40(37,38)33(2)3)35-15-21(13-28-27(35)31-24)20-7-5-6-8-20/h9-13,15-17,20H,5-8,14H2,1-4H3. The Balaban J connectivity index is 1.52. The van der Waals surface area contributed by atoms with E-state index in [2.05, 4.69) is 16.3 Å². The number of hydrogen-bond donors (Lipinski definition) is 0. The van der Waals surface area contributed by atoms with Crippen LogP contribution in [0.2, 0.25) is 0 Å². The zero-order valence-corrected chi connectivity index (χ0v) is 23.7. The number of aryl methyl sites for hydroxylation is 1. The number of imidazole rings is 2. The highest BCUT2D eigenvalue weighted by molar-refractivity contribution is 7.87. The Morgan fingerprint density at radius 3 is 2.50 bits per heavy atom. The van der Waals surface area contributed by atoms with Gasteiger partial charge in [0.1, 0.15) is 35.0 Å². The Hall–Kier alpha value is -4.10. The molecule has 1 aliphatic rings. The van der Waals surface area contributed by atoms with Gasteiger partial charge < -0.3 is 4.74 Å². The van der Waals surface area contributed by atoms with Crippen LogP contribution in [0.15, 0.2) is 49.2 Å². The molecule has 40 heavy (non-hydrogen) atoms. The Morgan fingerprint density at radius 2 is 1.80 bits per heavy atom. The highest BCUT2D eigenvalue weighted by Gasteiger charge is 2.27. The summed E-state index contributed by atoms with van der Waals surface area (Å²) < 4.78 is 36.9. The fourth-order valence-electron chi connectivity index (χ4n) is 5.21. The third-order valence-electron chi connectivity index (χ3n) is 7.34. The van der Waals surface area contributed by atoms with E-state index in [0.717, 1.165) is 38.0 Å². The minimum absolute atomic E-state index is 0.434. The summed E-state index contributed by atoms with van der Waals surface area (Å²) >= 11 is 0. The SMILES string of the molecule is COc1ccc(Cn2nc(C)nc2-c2nc3ncc(C4CCCC4)cn3c2-c2cn(S(=O)(=O)N(C)C)cn2)cc1. The summed E-state index contributed by atoms with van der Waals surface area (Å²) in [6.07, 6.45) is 11.4. The maximum absolute atomic E-state index is 12.8. The topological polar surface area (TPSA) is 125 Å². The predicted octanol–water partition coefficient (Wildman–Crippen LogP) is 3.53. The molecule has 12 nitrogen and oxygen atoms in total. The van der Waals surface area contributed by atoms with Gasteiger partial charge in [0.2, 0.25) is 5.78 Å². The Morgan fingerprint density at radius 1 is 1.05 bits per heavy atom. The van der Waals surface area contributed by atoms with Crippen LogP contribution in [0.5, 0.6) is 5.75 Å². The van der Waals surface area contributed by atoms with Gasteiger partial charge in [-0.3, -0.25) is 4.40 Å². The third kappa shape index (κ3) is 4.64. The number of methoxy groups -OCH3 is 1. The summed E-state index contributed by atoms with van der Waals surface area (Å²) in [6.45, 7) is 2.29. The molecule has 208 valence electrons. The minimum atomic E-state index is -3.75. The molecule has 1 saturated carbocycles. The summed E-state index contributed by atoms with van der Waals surface area (Å²) in [7, 11) is 0.850. The van der Waals surface area contributed by atoms with E-state index in [9.17, 15) is 8.42 Å². The van der Waals surface area contributed by atoms with E-state index in [0.29, 0.717) is 47.0 Å². The summed E-state index contributed by atoms with van der Waals surface area (Å²) in [5.41, 5.74) is 3.72. The molecule has 0 atom stereocenters. The molecule has 0 aliphatic heterocycles. The number of aromatic nitrogens is 8. The Kier molecular flexibility index (Phi) is 6.62. The van der Waals surface area contributed by atoms with Crippen LogP contribution in [0.4, 0.5) is 0 Å². The van der Waals surface area contributed by atoms with Gasteiger partial charge >= 0.3 is 10.2 Å². The van der Waals surface area contributed by atoms with E-state index in [1.54, 1.807) is 11.8 Å². The molecule has 1 aromatic carbocycles. The van der Waals surface area contributed by atoms with Crippen molar-refractivity contribution in [2.75, 3.05) is 21.2 Å². The van der Waals surface area contributed by atoms with Crippen molar-refractivity contribution < 1.29 is 13.2 Å². The van der Waals surface area contributed by atoms with Crippen LogP contribution in [0.3, 0.4) is 0 Å². The summed E-state index contributed by atoms with van der Waals surface area (Å²) in [4.78, 5) is 18.8. The number of ether oxygens (including phenoxy) is 1. The number of rotatable bonds is 8. The quantitative estimate of drug-likeness (QED) is 0.282. The van der Waals surface area contributed by atoms with Gasteiger partial charge in [0.05, 0.1) is 19.9 Å². The second kappa shape index (κ2) is 10.1. The van der Waals surface area contributed by atoms with E-state index < -0.39 is 10.2 Å². The first-order valence-electron chi connectivity index (χ1n) is 13.1. The van der Waals surface area contributed by atoms with Gasteiger partial charge in [-0.25, -0.2) is 28.6 Å². The van der Waals surface area contributed by atoms with Crippen LogP contribution in [0.1, 0.15) is 48.6 Å². The number of nitrogens with zero attached hydrogens (tertiary/aromatic N) is 9. The molecule has 0 bridgehead atoms. The molecule has 0 N–H and O–H groups in total. The van der Waals surface area contributed by atoms with E-state index in [1.807, 2.05) is 41.8 Å². The molecule has 4 heterocycles. The van der Waals surface area contributed by atoms with Gasteiger partial charge in [-0.15, -0.1) is 0 Å². The zero-order chi connectivity index (χ0) is 28.0. The van der Waals surface area contributed by atoms with Gasteiger partial charge in [-0.2, -0.15) is 17.8 Å². The second-order valence-electron chi connectivity index (χ2n) is 10.2. The van der Waals surface area contributed by atoms with Gasteiger partial charge in [0, 0.05) is 26.5 Å². The molecule has 1 aliphatic carbocycles. The average Bonchev–Trinajstić information content (AvgIpc) is 3.74. The number of fused-ring (bicyclic) bond motifs is 1. The molecule has 0 radical (unpaired) electrons. The minimum Gasteiger partial charge on any atom is -0.497 e. The fraction of sp³-hybridized carbons (Fsp3) is 0.370. The van der Waals surface area contributed by atoms with E-state index in [-0.39, 0.29) is 0 Å². The van der Waals surface area contributed by atoms with Crippen LogP contribution in [-0.2, 0) is 16.8 Å². The van der Waals surface area contributed by atoms with Crippen LogP contribution < -0.4 is 4.74 Å². The lowest BCUT2D eigenvalue weighted by atomic mass is 10.0. The van der Waals surface area contributed by atoms with Crippen molar-refractivity contribution >= 4 is 16.0 Å². The highest BCUT2D eigenvalue weighted by atomic mass is 32.2. The zero-order valence-electron chi connectivity index (χ0n) is 22.9. The van der Waals surface area contributed by atoms with Crippen molar-refractivity contribution in [2.45, 2.75) is 45.1 Å². The van der Waals surface area contributed by atoms with Crippen molar-refractivity contribution in [3.05, 3.63) is 66.1 Å². The van der Waals surface area contributed by atoms with Gasteiger partial charge in [-0.05, 0) is 48.9 Å². The maximum Gasteiger partial charge on any atom is 0.308 e. The Bertz CT molecular complexity index is 1780. The van der Waals surface area contributed by atoms with E-state index in [1.165, 1.54) is 39.5 Å². The van der Waals surface area contributed by atoms with Crippen LogP contribution in [0.25, 0.3) is 28.7 Å². The van der Waals surface area contributed by atoms with Gasteiger partial charge in [0.15, 0.2) is 5.82 Å². The summed E-state index contributed by atoms with van der Waals surface area (Å²) in [5.74, 6) is 2.82. The second-order valence-corrected chi connectivity index (χ2v) is 12.3. The first-order valence-corrected chi connectivity index (χ1v) is 14.5. The maximum atomic E-state index is 12.8. The first-order chi connectivity index (χ1) is 19.2.